The standard InChI is InChI=1S/C16H27N5/c1-13(2)6-8-21-14(3)15(10-18-21)16(4,5)7-9-20-12-17-11-19-20/h10-13H,6-9H2,1-5H3. The van der Waals surface area contributed by atoms with Gasteiger partial charge in [0, 0.05) is 18.8 Å². The molecule has 0 N–H and O–H groups in total. The number of aryl methyl sites for hydroxylation is 2. The lowest BCUT2D eigenvalue weighted by molar-refractivity contribution is 0.416. The number of rotatable bonds is 7. The van der Waals surface area contributed by atoms with Gasteiger partial charge in [-0.1, -0.05) is 27.7 Å². The molecule has 0 atom stereocenters. The summed E-state index contributed by atoms with van der Waals surface area (Å²) < 4.78 is 4.03. The molecule has 5 heteroatoms. The second-order valence-electron chi connectivity index (χ2n) is 6.84. The number of hydrogen-bond acceptors (Lipinski definition) is 3. The molecule has 0 spiro atoms. The quantitative estimate of drug-likeness (QED) is 0.786. The van der Waals surface area contributed by atoms with Gasteiger partial charge in [-0.15, -0.1) is 0 Å². The van der Waals surface area contributed by atoms with E-state index in [1.807, 2.05) is 10.9 Å². The van der Waals surface area contributed by atoms with E-state index in [0.717, 1.165) is 19.5 Å². The third-order valence-electron chi connectivity index (χ3n) is 4.18. The molecular weight excluding hydrogens is 262 g/mol. The molecule has 21 heavy (non-hydrogen) atoms. The maximum atomic E-state index is 4.58. The van der Waals surface area contributed by atoms with E-state index in [0.29, 0.717) is 5.92 Å². The molecule has 116 valence electrons. The largest absolute Gasteiger partial charge is 0.270 e. The van der Waals surface area contributed by atoms with E-state index in [-0.39, 0.29) is 5.41 Å². The molecule has 0 saturated carbocycles. The SMILES string of the molecule is Cc1c(C(C)(C)CCn2cncn2)cnn1CCC(C)C. The van der Waals surface area contributed by atoms with Crippen molar-refractivity contribution < 1.29 is 0 Å². The van der Waals surface area contributed by atoms with E-state index in [9.17, 15) is 0 Å². The van der Waals surface area contributed by atoms with Crippen molar-refractivity contribution in [3.8, 4) is 0 Å². The smallest absolute Gasteiger partial charge is 0.137 e. The molecule has 2 rings (SSSR count). The molecule has 0 aromatic carbocycles. The van der Waals surface area contributed by atoms with Crippen LogP contribution in [0.4, 0.5) is 0 Å². The van der Waals surface area contributed by atoms with Crippen molar-refractivity contribution in [2.24, 2.45) is 5.92 Å². The minimum Gasteiger partial charge on any atom is -0.270 e. The van der Waals surface area contributed by atoms with Crippen LogP contribution in [0.5, 0.6) is 0 Å². The zero-order valence-electron chi connectivity index (χ0n) is 13.9. The number of hydrogen-bond donors (Lipinski definition) is 0. The molecule has 0 aliphatic carbocycles. The second-order valence-corrected chi connectivity index (χ2v) is 6.84. The van der Waals surface area contributed by atoms with E-state index in [2.05, 4.69) is 54.5 Å². The van der Waals surface area contributed by atoms with Crippen LogP contribution in [-0.4, -0.2) is 24.5 Å². The van der Waals surface area contributed by atoms with Gasteiger partial charge in [0.15, 0.2) is 0 Å². The van der Waals surface area contributed by atoms with Gasteiger partial charge in [-0.2, -0.15) is 10.2 Å². The van der Waals surface area contributed by atoms with Crippen LogP contribution in [0.3, 0.4) is 0 Å². The highest BCUT2D eigenvalue weighted by atomic mass is 15.3. The van der Waals surface area contributed by atoms with Crippen molar-refractivity contribution in [3.63, 3.8) is 0 Å². The topological polar surface area (TPSA) is 48.5 Å². The Morgan fingerprint density at radius 1 is 1.19 bits per heavy atom. The summed E-state index contributed by atoms with van der Waals surface area (Å²) in [6.45, 7) is 13.1. The van der Waals surface area contributed by atoms with Gasteiger partial charge in [0.25, 0.3) is 0 Å². The third kappa shape index (κ3) is 3.93. The summed E-state index contributed by atoms with van der Waals surface area (Å²) in [7, 11) is 0. The van der Waals surface area contributed by atoms with Crippen LogP contribution in [-0.2, 0) is 18.5 Å². The predicted molar refractivity (Wildman–Crippen MR) is 84.1 cm³/mol. The average molecular weight is 289 g/mol. The lowest BCUT2D eigenvalue weighted by Crippen LogP contribution is -2.21. The number of nitrogens with zero attached hydrogens (tertiary/aromatic N) is 5. The summed E-state index contributed by atoms with van der Waals surface area (Å²) in [5.74, 6) is 0.706. The minimum absolute atomic E-state index is 0.0894. The summed E-state index contributed by atoms with van der Waals surface area (Å²) in [5, 5.41) is 8.76. The minimum atomic E-state index is 0.0894. The first-order valence-electron chi connectivity index (χ1n) is 7.75. The van der Waals surface area contributed by atoms with Crippen LogP contribution >= 0.6 is 0 Å². The molecule has 2 aromatic heterocycles. The summed E-state index contributed by atoms with van der Waals surface area (Å²) in [4.78, 5) is 3.99. The van der Waals surface area contributed by atoms with Crippen LogP contribution < -0.4 is 0 Å². The number of aromatic nitrogens is 5. The zero-order valence-corrected chi connectivity index (χ0v) is 13.9. The first-order valence-corrected chi connectivity index (χ1v) is 7.75. The van der Waals surface area contributed by atoms with E-state index in [1.165, 1.54) is 17.7 Å². The van der Waals surface area contributed by atoms with Crippen LogP contribution in [0, 0.1) is 12.8 Å². The fourth-order valence-electron chi connectivity index (χ4n) is 2.59. The maximum absolute atomic E-state index is 4.58. The van der Waals surface area contributed by atoms with Crippen molar-refractivity contribution in [1.29, 1.82) is 0 Å². The molecule has 0 saturated heterocycles. The fraction of sp³-hybridized carbons (Fsp3) is 0.688. The summed E-state index contributed by atoms with van der Waals surface area (Å²) in [6.07, 6.45) is 7.59. The average Bonchev–Trinajstić information content (AvgIpc) is 3.04. The Morgan fingerprint density at radius 2 is 1.95 bits per heavy atom. The van der Waals surface area contributed by atoms with Gasteiger partial charge in [-0.05, 0) is 36.7 Å². The molecule has 0 unspecified atom stereocenters. The van der Waals surface area contributed by atoms with E-state index in [4.69, 9.17) is 0 Å². The summed E-state index contributed by atoms with van der Waals surface area (Å²) in [6, 6.07) is 0. The Kier molecular flexibility index (Phi) is 4.80. The molecule has 5 nitrogen and oxygen atoms in total. The lowest BCUT2D eigenvalue weighted by Gasteiger charge is -2.24. The van der Waals surface area contributed by atoms with Gasteiger partial charge in [0.2, 0.25) is 0 Å². The van der Waals surface area contributed by atoms with Crippen LogP contribution in [0.25, 0.3) is 0 Å². The molecule has 2 heterocycles. The van der Waals surface area contributed by atoms with Crippen LogP contribution in [0.2, 0.25) is 0 Å². The summed E-state index contributed by atoms with van der Waals surface area (Å²) >= 11 is 0. The molecule has 0 bridgehead atoms. The van der Waals surface area contributed by atoms with E-state index >= 15 is 0 Å². The predicted octanol–water partition coefficient (Wildman–Crippen LogP) is 3.20. The summed E-state index contributed by atoms with van der Waals surface area (Å²) in [5.41, 5.74) is 2.72. The normalized spacial score (nSPS) is 12.3. The highest BCUT2D eigenvalue weighted by molar-refractivity contribution is 5.25. The zero-order chi connectivity index (χ0) is 15.5. The third-order valence-corrected chi connectivity index (χ3v) is 4.18. The van der Waals surface area contributed by atoms with Gasteiger partial charge < -0.3 is 0 Å². The molecule has 2 aromatic rings. The van der Waals surface area contributed by atoms with Crippen molar-refractivity contribution in [2.45, 2.75) is 66.0 Å². The van der Waals surface area contributed by atoms with Crippen molar-refractivity contribution in [2.75, 3.05) is 0 Å². The molecule has 0 aliphatic heterocycles. The highest BCUT2D eigenvalue weighted by Crippen LogP contribution is 2.30. The van der Waals surface area contributed by atoms with E-state index < -0.39 is 0 Å². The maximum Gasteiger partial charge on any atom is 0.137 e. The van der Waals surface area contributed by atoms with Crippen LogP contribution in [0.15, 0.2) is 18.9 Å². The first kappa shape index (κ1) is 15.7. The van der Waals surface area contributed by atoms with Gasteiger partial charge in [-0.25, -0.2) is 4.98 Å². The Labute approximate surface area is 127 Å². The fourth-order valence-corrected chi connectivity index (χ4v) is 2.59. The van der Waals surface area contributed by atoms with Gasteiger partial charge in [-0.3, -0.25) is 9.36 Å². The highest BCUT2D eigenvalue weighted by Gasteiger charge is 2.25. The Bertz CT molecular complexity index is 551. The Morgan fingerprint density at radius 3 is 2.57 bits per heavy atom. The van der Waals surface area contributed by atoms with Crippen molar-refractivity contribution in [3.05, 3.63) is 30.1 Å². The Hall–Kier alpha value is -1.65. The molecule has 0 fully saturated rings. The molecule has 0 aliphatic rings. The molecule has 0 radical (unpaired) electrons. The second kappa shape index (κ2) is 6.41. The van der Waals surface area contributed by atoms with Crippen molar-refractivity contribution >= 4 is 0 Å². The van der Waals surface area contributed by atoms with Crippen molar-refractivity contribution in [1.82, 2.24) is 24.5 Å². The van der Waals surface area contributed by atoms with Crippen LogP contribution in [0.1, 0.15) is 51.8 Å². The first-order chi connectivity index (χ1) is 9.90. The van der Waals surface area contributed by atoms with Gasteiger partial charge in [0.05, 0.1) is 6.20 Å². The lowest BCUT2D eigenvalue weighted by atomic mass is 9.82. The monoisotopic (exact) mass is 289 g/mol. The van der Waals surface area contributed by atoms with E-state index in [1.54, 1.807) is 12.7 Å². The molecular formula is C16H27N5. The molecule has 0 amide bonds. The van der Waals surface area contributed by atoms with Gasteiger partial charge >= 0.3 is 0 Å². The Balaban J connectivity index is 2.05. The van der Waals surface area contributed by atoms with Gasteiger partial charge in [0.1, 0.15) is 12.7 Å².